The molecule has 0 N–H and O–H groups in total. The molecule has 0 aromatic heterocycles. The molecule has 3 aliphatic rings. The summed E-state index contributed by atoms with van der Waals surface area (Å²) in [6, 6.07) is 7.79. The highest BCUT2D eigenvalue weighted by molar-refractivity contribution is 6.31. The Kier molecular flexibility index (Phi) is 5.30. The zero-order valence-corrected chi connectivity index (χ0v) is 15.5. The Balaban J connectivity index is 1.29. The third-order valence-corrected chi connectivity index (χ3v) is 6.42. The summed E-state index contributed by atoms with van der Waals surface area (Å²) < 4.78 is 6.02. The number of amides is 1. The van der Waals surface area contributed by atoms with Crippen molar-refractivity contribution in [3.05, 3.63) is 34.9 Å². The summed E-state index contributed by atoms with van der Waals surface area (Å²) in [7, 11) is 0. The van der Waals surface area contributed by atoms with Gasteiger partial charge in [0.05, 0.1) is 12.7 Å². The molecule has 136 valence electrons. The van der Waals surface area contributed by atoms with Crippen LogP contribution in [0.5, 0.6) is 0 Å². The molecule has 0 unspecified atom stereocenters. The molecule has 0 radical (unpaired) electrons. The first-order valence-electron chi connectivity index (χ1n) is 9.56. The first-order chi connectivity index (χ1) is 12.2. The molecule has 0 saturated carbocycles. The van der Waals surface area contributed by atoms with Gasteiger partial charge in [0.1, 0.15) is 0 Å². The summed E-state index contributed by atoms with van der Waals surface area (Å²) in [4.78, 5) is 17.2. The van der Waals surface area contributed by atoms with Crippen molar-refractivity contribution < 1.29 is 9.53 Å². The van der Waals surface area contributed by atoms with Gasteiger partial charge in [-0.3, -0.25) is 4.79 Å². The number of rotatable bonds is 5. The minimum Gasteiger partial charge on any atom is -0.376 e. The van der Waals surface area contributed by atoms with Crippen molar-refractivity contribution >= 4 is 17.5 Å². The lowest BCUT2D eigenvalue weighted by atomic mass is 9.93. The van der Waals surface area contributed by atoms with Gasteiger partial charge < -0.3 is 14.5 Å². The number of hydrogen-bond donors (Lipinski definition) is 0. The van der Waals surface area contributed by atoms with Crippen LogP contribution >= 0.6 is 11.6 Å². The molecule has 1 aromatic rings. The van der Waals surface area contributed by atoms with Crippen molar-refractivity contribution in [2.24, 2.45) is 11.8 Å². The van der Waals surface area contributed by atoms with Crippen molar-refractivity contribution in [1.29, 1.82) is 0 Å². The van der Waals surface area contributed by atoms with Gasteiger partial charge in [0.25, 0.3) is 0 Å². The Morgan fingerprint density at radius 2 is 2.00 bits per heavy atom. The van der Waals surface area contributed by atoms with E-state index in [0.717, 1.165) is 36.8 Å². The summed E-state index contributed by atoms with van der Waals surface area (Å²) in [6.45, 7) is 6.10. The third-order valence-electron chi connectivity index (χ3n) is 6.05. The molecule has 1 amide bonds. The smallest absolute Gasteiger partial charge is 0.223 e. The van der Waals surface area contributed by atoms with E-state index in [-0.39, 0.29) is 12.0 Å². The van der Waals surface area contributed by atoms with Gasteiger partial charge in [-0.15, -0.1) is 0 Å². The number of hydrogen-bond acceptors (Lipinski definition) is 3. The van der Waals surface area contributed by atoms with Gasteiger partial charge in [-0.1, -0.05) is 29.8 Å². The molecule has 4 nitrogen and oxygen atoms in total. The van der Waals surface area contributed by atoms with Gasteiger partial charge >= 0.3 is 0 Å². The molecule has 3 saturated heterocycles. The number of likely N-dealkylation sites (tertiary alicyclic amines) is 2. The van der Waals surface area contributed by atoms with Crippen molar-refractivity contribution in [3.8, 4) is 0 Å². The van der Waals surface area contributed by atoms with Crippen LogP contribution in [-0.2, 0) is 16.0 Å². The highest BCUT2D eigenvalue weighted by Gasteiger charge is 2.45. The van der Waals surface area contributed by atoms with Crippen LogP contribution in [0.4, 0.5) is 0 Å². The lowest BCUT2D eigenvalue weighted by Gasteiger charge is -2.24. The molecule has 0 bridgehead atoms. The van der Waals surface area contributed by atoms with Crippen LogP contribution in [0.25, 0.3) is 0 Å². The molecule has 0 aliphatic carbocycles. The van der Waals surface area contributed by atoms with Crippen molar-refractivity contribution in [2.75, 3.05) is 39.3 Å². The highest BCUT2D eigenvalue weighted by atomic mass is 35.5. The Morgan fingerprint density at radius 1 is 1.20 bits per heavy atom. The quantitative estimate of drug-likeness (QED) is 0.807. The maximum atomic E-state index is 12.6. The van der Waals surface area contributed by atoms with E-state index in [1.54, 1.807) is 0 Å². The average Bonchev–Trinajstić information content (AvgIpc) is 3.33. The second-order valence-electron chi connectivity index (χ2n) is 7.69. The number of benzene rings is 1. The summed E-state index contributed by atoms with van der Waals surface area (Å²) in [5.41, 5.74) is 1.06. The molecule has 3 atom stereocenters. The predicted octanol–water partition coefficient (Wildman–Crippen LogP) is 2.84. The molecule has 3 aliphatic heterocycles. The van der Waals surface area contributed by atoms with E-state index in [1.807, 2.05) is 29.2 Å². The van der Waals surface area contributed by atoms with Crippen LogP contribution in [0.3, 0.4) is 0 Å². The van der Waals surface area contributed by atoms with E-state index in [2.05, 4.69) is 4.90 Å². The minimum atomic E-state index is 0.234. The van der Waals surface area contributed by atoms with Gasteiger partial charge in [0.15, 0.2) is 0 Å². The zero-order chi connectivity index (χ0) is 17.2. The molecule has 5 heteroatoms. The van der Waals surface area contributed by atoms with Crippen LogP contribution in [0, 0.1) is 11.8 Å². The maximum absolute atomic E-state index is 12.6. The van der Waals surface area contributed by atoms with Crippen molar-refractivity contribution in [3.63, 3.8) is 0 Å². The fraction of sp³-hybridized carbons (Fsp3) is 0.650. The second kappa shape index (κ2) is 7.65. The van der Waals surface area contributed by atoms with Crippen LogP contribution in [0.2, 0.25) is 5.02 Å². The van der Waals surface area contributed by atoms with E-state index in [9.17, 15) is 4.79 Å². The van der Waals surface area contributed by atoms with Gasteiger partial charge in [-0.2, -0.15) is 0 Å². The first-order valence-corrected chi connectivity index (χ1v) is 9.93. The molecule has 3 fully saturated rings. The van der Waals surface area contributed by atoms with E-state index < -0.39 is 0 Å². The fourth-order valence-electron chi connectivity index (χ4n) is 4.59. The number of carbonyl (C=O) groups is 1. The van der Waals surface area contributed by atoms with Crippen LogP contribution < -0.4 is 0 Å². The van der Waals surface area contributed by atoms with E-state index in [0.29, 0.717) is 24.7 Å². The molecular formula is C20H27ClN2O2. The number of halogens is 1. The number of fused-ring (bicyclic) bond motifs is 1. The van der Waals surface area contributed by atoms with Crippen LogP contribution in [0.15, 0.2) is 24.3 Å². The number of aryl methyl sites for hydroxylation is 1. The SMILES string of the molecule is O=C(CCc1ccccc1Cl)N1C[C@H]2[C@@H](CN3CCCC3)CO[C@H]2C1. The topological polar surface area (TPSA) is 32.8 Å². The summed E-state index contributed by atoms with van der Waals surface area (Å²) in [5.74, 6) is 1.34. The summed E-state index contributed by atoms with van der Waals surface area (Å²) >= 11 is 6.20. The van der Waals surface area contributed by atoms with Gasteiger partial charge in [-0.25, -0.2) is 0 Å². The van der Waals surface area contributed by atoms with Crippen molar-refractivity contribution in [1.82, 2.24) is 9.80 Å². The van der Waals surface area contributed by atoms with E-state index in [1.165, 1.54) is 25.9 Å². The Hall–Kier alpha value is -1.10. The standard InChI is InChI=1S/C20H27ClN2O2/c21-18-6-2-1-5-15(18)7-8-20(24)23-12-17-16(14-25-19(17)13-23)11-22-9-3-4-10-22/h1-2,5-6,16-17,19H,3-4,7-14H2/t16-,17-,19-/m0/s1. The highest BCUT2D eigenvalue weighted by Crippen LogP contribution is 2.35. The van der Waals surface area contributed by atoms with Crippen molar-refractivity contribution in [2.45, 2.75) is 31.8 Å². The average molecular weight is 363 g/mol. The fourth-order valence-corrected chi connectivity index (χ4v) is 4.82. The molecule has 1 aromatic carbocycles. The monoisotopic (exact) mass is 362 g/mol. The van der Waals surface area contributed by atoms with Crippen LogP contribution in [0.1, 0.15) is 24.8 Å². The normalized spacial score (nSPS) is 29.3. The molecule has 0 spiro atoms. The van der Waals surface area contributed by atoms with E-state index in [4.69, 9.17) is 16.3 Å². The van der Waals surface area contributed by atoms with Gasteiger partial charge in [0.2, 0.25) is 5.91 Å². The minimum absolute atomic E-state index is 0.234. The number of ether oxygens (including phenoxy) is 1. The molecule has 4 rings (SSSR count). The van der Waals surface area contributed by atoms with Crippen LogP contribution in [-0.4, -0.2) is 61.1 Å². The predicted molar refractivity (Wildman–Crippen MR) is 98.7 cm³/mol. The third kappa shape index (κ3) is 3.86. The summed E-state index contributed by atoms with van der Waals surface area (Å²) in [5, 5.41) is 0.752. The lowest BCUT2D eigenvalue weighted by molar-refractivity contribution is -0.130. The Labute approximate surface area is 155 Å². The zero-order valence-electron chi connectivity index (χ0n) is 14.7. The van der Waals surface area contributed by atoms with Gasteiger partial charge in [0, 0.05) is 42.9 Å². The first kappa shape index (κ1) is 17.3. The molecule has 25 heavy (non-hydrogen) atoms. The Bertz CT molecular complexity index is 617. The Morgan fingerprint density at radius 3 is 2.80 bits per heavy atom. The molecule has 3 heterocycles. The summed E-state index contributed by atoms with van der Waals surface area (Å²) in [6.07, 6.45) is 4.14. The molecular weight excluding hydrogens is 336 g/mol. The number of carbonyl (C=O) groups excluding carboxylic acids is 1. The largest absolute Gasteiger partial charge is 0.376 e. The second-order valence-corrected chi connectivity index (χ2v) is 8.10. The lowest BCUT2D eigenvalue weighted by Crippen LogP contribution is -2.34. The number of nitrogens with zero attached hydrogens (tertiary/aromatic N) is 2. The van der Waals surface area contributed by atoms with E-state index >= 15 is 0 Å². The van der Waals surface area contributed by atoms with Gasteiger partial charge in [-0.05, 0) is 44.0 Å². The maximum Gasteiger partial charge on any atom is 0.223 e.